The Hall–Kier alpha value is -1.10. The van der Waals surface area contributed by atoms with Gasteiger partial charge in [0.15, 0.2) is 0 Å². The van der Waals surface area contributed by atoms with Crippen molar-refractivity contribution in [2.75, 3.05) is 14.1 Å². The van der Waals surface area contributed by atoms with Crippen LogP contribution in [0.25, 0.3) is 0 Å². The molecule has 0 atom stereocenters. The van der Waals surface area contributed by atoms with E-state index in [4.69, 9.17) is 0 Å². The zero-order valence-corrected chi connectivity index (χ0v) is 10.6. The van der Waals surface area contributed by atoms with E-state index in [9.17, 15) is 9.59 Å². The van der Waals surface area contributed by atoms with Gasteiger partial charge in [-0.1, -0.05) is 11.8 Å². The lowest BCUT2D eigenvalue weighted by Gasteiger charge is -2.30. The normalized spacial score (nSPS) is 10.7. The van der Waals surface area contributed by atoms with Crippen molar-refractivity contribution in [3.63, 3.8) is 0 Å². The van der Waals surface area contributed by atoms with Gasteiger partial charge < -0.3 is 9.13 Å². The summed E-state index contributed by atoms with van der Waals surface area (Å²) in [5.74, 6) is -0.0132. The molecular weight excluding hydrogens is 196 g/mol. The smallest absolute Gasteiger partial charge is 0.277 e. The molecule has 80 valence electrons. The van der Waals surface area contributed by atoms with Gasteiger partial charge in [0.2, 0.25) is 11.8 Å². The number of amides is 2. The van der Waals surface area contributed by atoms with Crippen LogP contribution in [-0.2, 0) is 9.59 Å². The molecule has 4 nitrogen and oxygen atoms in total. The molecule has 0 fully saturated rings. The van der Waals surface area contributed by atoms with Crippen LogP contribution in [0.4, 0.5) is 0 Å². The van der Waals surface area contributed by atoms with Gasteiger partial charge in [0.1, 0.15) is 0 Å². The van der Waals surface area contributed by atoms with E-state index < -0.39 is 9.12 Å². The van der Waals surface area contributed by atoms with Crippen LogP contribution in [0.5, 0.6) is 0 Å². The second kappa shape index (κ2) is 5.59. The van der Waals surface area contributed by atoms with E-state index in [1.807, 2.05) is 18.7 Å². The van der Waals surface area contributed by atoms with Crippen LogP contribution in [0.2, 0.25) is 0 Å². The summed E-state index contributed by atoms with van der Waals surface area (Å²) in [4.78, 5) is 22.4. The first-order valence-electron chi connectivity index (χ1n) is 4.51. The van der Waals surface area contributed by atoms with Crippen LogP contribution >= 0.6 is 0 Å². The third-order valence-corrected chi connectivity index (χ3v) is 5.20. The van der Waals surface area contributed by atoms with E-state index in [-0.39, 0.29) is 11.8 Å². The fourth-order valence-electron chi connectivity index (χ4n) is 1.06. The molecule has 0 saturated heterocycles. The Morgan fingerprint density at radius 2 is 1.43 bits per heavy atom. The number of hydrogen-bond donors (Lipinski definition) is 0. The fraction of sp³-hybridized carbons (Fsp3) is 0.556. The van der Waals surface area contributed by atoms with Crippen LogP contribution in [0.15, 0.2) is 11.8 Å². The molecule has 0 N–H and O–H groups in total. The molecule has 0 aliphatic rings. The van der Waals surface area contributed by atoms with E-state index in [1.54, 1.807) is 23.2 Å². The predicted octanol–water partition coefficient (Wildman–Crippen LogP) is 0.279. The molecule has 0 rings (SSSR count). The SMILES string of the molecule is CC=C[SiH](N(C)C(C)=O)N(C)C(C)=O. The highest BCUT2D eigenvalue weighted by molar-refractivity contribution is 6.63. The van der Waals surface area contributed by atoms with E-state index in [0.717, 1.165) is 0 Å². The van der Waals surface area contributed by atoms with Crippen LogP contribution in [0.3, 0.4) is 0 Å². The molecule has 0 aromatic rings. The Balaban J connectivity index is 4.75. The molecule has 0 aromatic heterocycles. The third-order valence-electron chi connectivity index (χ3n) is 2.15. The lowest BCUT2D eigenvalue weighted by molar-refractivity contribution is -0.125. The minimum Gasteiger partial charge on any atom is -0.354 e. The first-order valence-corrected chi connectivity index (χ1v) is 6.21. The summed E-state index contributed by atoms with van der Waals surface area (Å²) in [6.45, 7) is 4.91. The largest absolute Gasteiger partial charge is 0.354 e. The van der Waals surface area contributed by atoms with Gasteiger partial charge in [0, 0.05) is 27.9 Å². The highest BCUT2D eigenvalue weighted by atomic mass is 28.3. The molecule has 0 heterocycles. The Bertz CT molecular complexity index is 233. The molecule has 0 unspecified atom stereocenters. The molecule has 14 heavy (non-hydrogen) atoms. The lowest BCUT2D eigenvalue weighted by Crippen LogP contribution is -2.51. The Labute approximate surface area is 86.9 Å². The van der Waals surface area contributed by atoms with Crippen molar-refractivity contribution in [3.8, 4) is 0 Å². The maximum Gasteiger partial charge on any atom is 0.277 e. The average molecular weight is 214 g/mol. The van der Waals surface area contributed by atoms with Gasteiger partial charge in [-0.15, -0.1) is 0 Å². The summed E-state index contributed by atoms with van der Waals surface area (Å²) in [6.07, 6.45) is 1.88. The van der Waals surface area contributed by atoms with Crippen molar-refractivity contribution in [1.29, 1.82) is 0 Å². The van der Waals surface area contributed by atoms with Crippen molar-refractivity contribution in [2.24, 2.45) is 0 Å². The van der Waals surface area contributed by atoms with Crippen molar-refractivity contribution in [2.45, 2.75) is 20.8 Å². The zero-order valence-electron chi connectivity index (χ0n) is 9.44. The monoisotopic (exact) mass is 214 g/mol. The second-order valence-electron chi connectivity index (χ2n) is 3.20. The van der Waals surface area contributed by atoms with Gasteiger partial charge in [-0.05, 0) is 6.92 Å². The quantitative estimate of drug-likeness (QED) is 0.633. The molecule has 0 radical (unpaired) electrons. The Morgan fingerprint density at radius 3 is 1.64 bits per heavy atom. The first-order chi connectivity index (χ1) is 6.41. The molecule has 0 aromatic carbocycles. The van der Waals surface area contributed by atoms with Crippen LogP contribution in [0, 0.1) is 0 Å². The highest BCUT2D eigenvalue weighted by Gasteiger charge is 2.23. The highest BCUT2D eigenvalue weighted by Crippen LogP contribution is 2.00. The molecule has 5 heteroatoms. The molecule has 0 bridgehead atoms. The maximum absolute atomic E-state index is 11.2. The number of nitrogens with zero attached hydrogens (tertiary/aromatic N) is 2. The minimum atomic E-state index is -1.75. The van der Waals surface area contributed by atoms with Crippen molar-refractivity contribution in [3.05, 3.63) is 11.8 Å². The molecular formula is C9H18N2O2Si. The minimum absolute atomic E-state index is 0.00660. The Morgan fingerprint density at radius 1 is 1.07 bits per heavy atom. The van der Waals surface area contributed by atoms with Gasteiger partial charge in [0.25, 0.3) is 9.12 Å². The standard InChI is InChI=1S/C9H18N2O2Si/c1-6-7-14(10(4)8(2)12)11(5)9(3)13/h6-7,14H,1-5H3. The molecule has 2 amide bonds. The first kappa shape index (κ1) is 12.9. The van der Waals surface area contributed by atoms with Gasteiger partial charge in [-0.3, -0.25) is 9.59 Å². The average Bonchev–Trinajstić information content (AvgIpc) is 2.11. The molecule has 0 aliphatic heterocycles. The van der Waals surface area contributed by atoms with Crippen molar-refractivity contribution >= 4 is 20.9 Å². The summed E-state index contributed by atoms with van der Waals surface area (Å²) in [5.41, 5.74) is 1.95. The second-order valence-corrected chi connectivity index (χ2v) is 5.96. The Kier molecular flexibility index (Phi) is 5.15. The van der Waals surface area contributed by atoms with Crippen LogP contribution < -0.4 is 0 Å². The predicted molar refractivity (Wildman–Crippen MR) is 58.9 cm³/mol. The van der Waals surface area contributed by atoms with Gasteiger partial charge in [-0.2, -0.15) is 0 Å². The fourth-order valence-corrected chi connectivity index (χ4v) is 3.19. The van der Waals surface area contributed by atoms with Gasteiger partial charge in [-0.25, -0.2) is 0 Å². The van der Waals surface area contributed by atoms with Crippen LogP contribution in [-0.4, -0.2) is 44.2 Å². The maximum atomic E-state index is 11.2. The zero-order chi connectivity index (χ0) is 11.3. The van der Waals surface area contributed by atoms with E-state index >= 15 is 0 Å². The molecule has 0 aliphatic carbocycles. The topological polar surface area (TPSA) is 40.6 Å². The number of allylic oxidation sites excluding steroid dienone is 1. The van der Waals surface area contributed by atoms with Gasteiger partial charge >= 0.3 is 0 Å². The van der Waals surface area contributed by atoms with Gasteiger partial charge in [0.05, 0.1) is 0 Å². The van der Waals surface area contributed by atoms with Crippen molar-refractivity contribution in [1.82, 2.24) is 9.13 Å². The third kappa shape index (κ3) is 3.33. The summed E-state index contributed by atoms with van der Waals surface area (Å²) in [5, 5.41) is 0. The molecule has 0 saturated carbocycles. The molecule has 0 spiro atoms. The summed E-state index contributed by atoms with van der Waals surface area (Å²) < 4.78 is 3.31. The number of carbonyl (C=O) groups excluding carboxylic acids is 2. The summed E-state index contributed by atoms with van der Waals surface area (Å²) in [6, 6.07) is 0. The van der Waals surface area contributed by atoms with E-state index in [0.29, 0.717) is 0 Å². The lowest BCUT2D eigenvalue weighted by atomic mass is 10.7. The van der Waals surface area contributed by atoms with E-state index in [2.05, 4.69) is 0 Å². The van der Waals surface area contributed by atoms with Crippen molar-refractivity contribution < 1.29 is 9.59 Å². The number of rotatable bonds is 3. The van der Waals surface area contributed by atoms with E-state index in [1.165, 1.54) is 13.8 Å². The summed E-state index contributed by atoms with van der Waals surface area (Å²) >= 11 is 0. The number of carbonyl (C=O) groups is 2. The van der Waals surface area contributed by atoms with Crippen LogP contribution in [0.1, 0.15) is 20.8 Å². The summed E-state index contributed by atoms with van der Waals surface area (Å²) in [7, 11) is 1.72. The number of hydrogen-bond acceptors (Lipinski definition) is 2.